The fourth-order valence-corrected chi connectivity index (χ4v) is 2.30. The molecule has 1 fully saturated rings. The van der Waals surface area contributed by atoms with E-state index in [1.165, 1.54) is 6.07 Å². The molecule has 4 heteroatoms. The van der Waals surface area contributed by atoms with E-state index in [0.29, 0.717) is 0 Å². The third-order valence-electron chi connectivity index (χ3n) is 4.27. The van der Waals surface area contributed by atoms with Gasteiger partial charge in [-0.1, -0.05) is 19.1 Å². The second-order valence-corrected chi connectivity index (χ2v) is 6.38. The quantitative estimate of drug-likeness (QED) is 0.767. The van der Waals surface area contributed by atoms with E-state index >= 15 is 0 Å². The maximum absolute atomic E-state index is 13.2. The van der Waals surface area contributed by atoms with Crippen molar-refractivity contribution in [2.75, 3.05) is 0 Å². The number of benzene rings is 1. The zero-order valence-electron chi connectivity index (χ0n) is 12.4. The van der Waals surface area contributed by atoms with Crippen LogP contribution < -0.4 is 0 Å². The third kappa shape index (κ3) is 3.01. The van der Waals surface area contributed by atoms with E-state index in [4.69, 9.17) is 9.31 Å². The highest BCUT2D eigenvalue weighted by molar-refractivity contribution is 6.45. The van der Waals surface area contributed by atoms with Gasteiger partial charge in [0.25, 0.3) is 0 Å². The summed E-state index contributed by atoms with van der Waals surface area (Å²) in [5, 5.41) is 0. The molecule has 1 aliphatic rings. The standard InChI is InChI=1S/C15H22BFO2/c1-11(12-7-6-8-13(17)9-12)10-16-18-14(2,3)15(4,5)19-16/h6-9,11H,10H2,1-5H3/t11-/m0/s1. The summed E-state index contributed by atoms with van der Waals surface area (Å²) in [6.07, 6.45) is 0.732. The summed E-state index contributed by atoms with van der Waals surface area (Å²) < 4.78 is 25.2. The van der Waals surface area contributed by atoms with Gasteiger partial charge in [0.15, 0.2) is 0 Å². The molecule has 1 saturated heterocycles. The van der Waals surface area contributed by atoms with E-state index in [0.717, 1.165) is 11.9 Å². The molecule has 0 aliphatic carbocycles. The van der Waals surface area contributed by atoms with Gasteiger partial charge in [0.2, 0.25) is 0 Å². The Labute approximate surface area is 115 Å². The van der Waals surface area contributed by atoms with Gasteiger partial charge in [-0.15, -0.1) is 0 Å². The van der Waals surface area contributed by atoms with Crippen LogP contribution in [-0.4, -0.2) is 18.3 Å². The normalized spacial score (nSPS) is 22.5. The van der Waals surface area contributed by atoms with Crippen LogP contribution in [0.15, 0.2) is 24.3 Å². The lowest BCUT2D eigenvalue weighted by molar-refractivity contribution is 0.00578. The Kier molecular flexibility index (Phi) is 3.76. The summed E-state index contributed by atoms with van der Waals surface area (Å²) in [6.45, 7) is 10.2. The van der Waals surface area contributed by atoms with Crippen LogP contribution in [0.5, 0.6) is 0 Å². The molecule has 2 nitrogen and oxygen atoms in total. The zero-order chi connectivity index (χ0) is 14.3. The molecular weight excluding hydrogens is 242 g/mol. The van der Waals surface area contributed by atoms with E-state index in [1.54, 1.807) is 12.1 Å². The SMILES string of the molecule is C[C@@H](CB1OC(C)(C)C(C)(C)O1)c1cccc(F)c1. The molecule has 0 spiro atoms. The number of hydrogen-bond donors (Lipinski definition) is 0. The van der Waals surface area contributed by atoms with Crippen LogP contribution in [0.3, 0.4) is 0 Å². The Bertz CT molecular complexity index is 443. The predicted molar refractivity (Wildman–Crippen MR) is 75.7 cm³/mol. The molecule has 0 bridgehead atoms. The molecule has 104 valence electrons. The largest absolute Gasteiger partial charge is 0.458 e. The van der Waals surface area contributed by atoms with Gasteiger partial charge in [0, 0.05) is 0 Å². The predicted octanol–water partition coefficient (Wildman–Crippen LogP) is 4.02. The van der Waals surface area contributed by atoms with Gasteiger partial charge in [0.1, 0.15) is 5.82 Å². The molecule has 2 rings (SSSR count). The molecule has 0 radical (unpaired) electrons. The first-order valence-corrected chi connectivity index (χ1v) is 6.82. The molecule has 0 amide bonds. The first-order chi connectivity index (χ1) is 8.71. The smallest absolute Gasteiger partial charge is 0.403 e. The van der Waals surface area contributed by atoms with Crippen molar-refractivity contribution in [3.05, 3.63) is 35.6 Å². The van der Waals surface area contributed by atoms with Crippen LogP contribution in [0.25, 0.3) is 0 Å². The molecule has 0 unspecified atom stereocenters. The van der Waals surface area contributed by atoms with E-state index in [2.05, 4.69) is 6.92 Å². The van der Waals surface area contributed by atoms with E-state index in [9.17, 15) is 4.39 Å². The van der Waals surface area contributed by atoms with Crippen LogP contribution in [-0.2, 0) is 9.31 Å². The van der Waals surface area contributed by atoms with Gasteiger partial charge in [-0.25, -0.2) is 4.39 Å². The summed E-state index contributed by atoms with van der Waals surface area (Å²) in [6, 6.07) is 6.73. The molecule has 1 aromatic carbocycles. The Hall–Kier alpha value is -0.865. The first-order valence-electron chi connectivity index (χ1n) is 6.82. The molecule has 19 heavy (non-hydrogen) atoms. The molecule has 1 atom stereocenters. The lowest BCUT2D eigenvalue weighted by Gasteiger charge is -2.32. The topological polar surface area (TPSA) is 18.5 Å². The minimum atomic E-state index is -0.306. The van der Waals surface area contributed by atoms with Gasteiger partial charge in [-0.3, -0.25) is 0 Å². The number of rotatable bonds is 3. The maximum Gasteiger partial charge on any atom is 0.458 e. The van der Waals surface area contributed by atoms with Gasteiger partial charge in [0.05, 0.1) is 11.2 Å². The monoisotopic (exact) mass is 264 g/mol. The minimum Gasteiger partial charge on any atom is -0.403 e. The van der Waals surface area contributed by atoms with Crippen LogP contribution in [0, 0.1) is 5.82 Å². The molecule has 1 aliphatic heterocycles. The maximum atomic E-state index is 13.2. The Balaban J connectivity index is 2.03. The van der Waals surface area contributed by atoms with Crippen molar-refractivity contribution in [1.82, 2.24) is 0 Å². The lowest BCUT2D eigenvalue weighted by atomic mass is 9.75. The molecule has 0 N–H and O–H groups in total. The lowest BCUT2D eigenvalue weighted by Crippen LogP contribution is -2.41. The highest BCUT2D eigenvalue weighted by Crippen LogP contribution is 2.39. The van der Waals surface area contributed by atoms with Crippen LogP contribution in [0.4, 0.5) is 4.39 Å². The van der Waals surface area contributed by atoms with Crippen molar-refractivity contribution in [3.8, 4) is 0 Å². The van der Waals surface area contributed by atoms with Crippen LogP contribution >= 0.6 is 0 Å². The highest BCUT2D eigenvalue weighted by atomic mass is 19.1. The summed E-state index contributed by atoms with van der Waals surface area (Å²) in [4.78, 5) is 0. The average molecular weight is 264 g/mol. The Morgan fingerprint density at radius 3 is 2.26 bits per heavy atom. The molecule has 1 aromatic rings. The van der Waals surface area contributed by atoms with Crippen molar-refractivity contribution in [2.45, 2.75) is 58.1 Å². The van der Waals surface area contributed by atoms with Gasteiger partial charge >= 0.3 is 7.12 Å². The van der Waals surface area contributed by atoms with Gasteiger partial charge in [-0.2, -0.15) is 0 Å². The number of halogens is 1. The zero-order valence-corrected chi connectivity index (χ0v) is 12.4. The summed E-state index contributed by atoms with van der Waals surface area (Å²) in [7, 11) is -0.233. The van der Waals surface area contributed by atoms with Crippen molar-refractivity contribution >= 4 is 7.12 Å². The second-order valence-electron chi connectivity index (χ2n) is 6.38. The van der Waals surface area contributed by atoms with E-state index in [-0.39, 0.29) is 30.1 Å². The average Bonchev–Trinajstić information content (AvgIpc) is 2.46. The Morgan fingerprint density at radius 2 is 1.74 bits per heavy atom. The third-order valence-corrected chi connectivity index (χ3v) is 4.27. The van der Waals surface area contributed by atoms with Crippen molar-refractivity contribution in [1.29, 1.82) is 0 Å². The molecule has 0 aromatic heterocycles. The van der Waals surface area contributed by atoms with Crippen molar-refractivity contribution in [3.63, 3.8) is 0 Å². The minimum absolute atomic E-state index is 0.196. The van der Waals surface area contributed by atoms with E-state index < -0.39 is 0 Å². The molecule has 0 saturated carbocycles. The molecular formula is C15H22BFO2. The molecule has 1 heterocycles. The van der Waals surface area contributed by atoms with Crippen molar-refractivity contribution in [2.24, 2.45) is 0 Å². The second kappa shape index (κ2) is 4.91. The summed E-state index contributed by atoms with van der Waals surface area (Å²) in [5.74, 6) is 0.00340. The first kappa shape index (κ1) is 14.5. The highest BCUT2D eigenvalue weighted by Gasteiger charge is 2.51. The number of hydrogen-bond acceptors (Lipinski definition) is 2. The van der Waals surface area contributed by atoms with Gasteiger partial charge in [-0.05, 0) is 57.6 Å². The van der Waals surface area contributed by atoms with E-state index in [1.807, 2.05) is 33.8 Å². The summed E-state index contributed by atoms with van der Waals surface area (Å²) >= 11 is 0. The van der Waals surface area contributed by atoms with Crippen LogP contribution in [0.2, 0.25) is 6.32 Å². The fraction of sp³-hybridized carbons (Fsp3) is 0.600. The Morgan fingerprint density at radius 1 is 1.16 bits per heavy atom. The van der Waals surface area contributed by atoms with Crippen molar-refractivity contribution < 1.29 is 13.7 Å². The fourth-order valence-electron chi connectivity index (χ4n) is 2.30. The summed E-state index contributed by atoms with van der Waals surface area (Å²) in [5.41, 5.74) is 0.369. The van der Waals surface area contributed by atoms with Crippen LogP contribution in [0.1, 0.15) is 46.1 Å². The van der Waals surface area contributed by atoms with Gasteiger partial charge < -0.3 is 9.31 Å².